The first-order chi connectivity index (χ1) is 13.3. The van der Waals surface area contributed by atoms with Crippen LogP contribution >= 0.6 is 0 Å². The van der Waals surface area contributed by atoms with Gasteiger partial charge in [-0.3, -0.25) is 4.79 Å². The molecule has 1 aliphatic heterocycles. The summed E-state index contributed by atoms with van der Waals surface area (Å²) in [5.41, 5.74) is 2.46. The highest BCUT2D eigenvalue weighted by atomic mass is 16.5. The van der Waals surface area contributed by atoms with Gasteiger partial charge in [-0.05, 0) is 25.0 Å². The molecule has 1 amide bonds. The predicted molar refractivity (Wildman–Crippen MR) is 105 cm³/mol. The van der Waals surface area contributed by atoms with E-state index < -0.39 is 0 Å². The van der Waals surface area contributed by atoms with Crippen LogP contribution in [0.15, 0.2) is 36.7 Å². The molecule has 2 fully saturated rings. The van der Waals surface area contributed by atoms with Crippen LogP contribution in [0.25, 0.3) is 0 Å². The molecule has 2 aromatic rings. The van der Waals surface area contributed by atoms with Crippen LogP contribution in [0.1, 0.15) is 36.2 Å². The van der Waals surface area contributed by atoms with Gasteiger partial charge in [0.15, 0.2) is 0 Å². The summed E-state index contributed by atoms with van der Waals surface area (Å²) in [5, 5.41) is 6.42. The zero-order chi connectivity index (χ0) is 18.5. The Morgan fingerprint density at radius 3 is 2.70 bits per heavy atom. The van der Waals surface area contributed by atoms with Crippen LogP contribution in [0, 0.1) is 0 Å². The van der Waals surface area contributed by atoms with E-state index in [9.17, 15) is 4.79 Å². The highest BCUT2D eigenvalue weighted by Gasteiger charge is 2.19. The standard InChI is InChI=1S/C20H25N5O2/c26-20(23-15-5-1-2-6-15)17-13-19(22-14-21-17)24-16-7-3-4-8-18(16)25-9-11-27-12-10-25/h3-4,7-8,13-15H,1-2,5-6,9-12H2,(H,23,26)(H,21,22,24). The van der Waals surface area contributed by atoms with Crippen molar-refractivity contribution in [3.63, 3.8) is 0 Å². The zero-order valence-electron chi connectivity index (χ0n) is 15.4. The predicted octanol–water partition coefficient (Wildman–Crippen LogP) is 2.73. The van der Waals surface area contributed by atoms with Crippen LogP contribution in [-0.4, -0.2) is 48.2 Å². The van der Waals surface area contributed by atoms with Gasteiger partial charge >= 0.3 is 0 Å². The van der Waals surface area contributed by atoms with Crippen molar-refractivity contribution in [2.75, 3.05) is 36.5 Å². The number of rotatable bonds is 5. The third-order valence-corrected chi connectivity index (χ3v) is 5.11. The first kappa shape index (κ1) is 17.7. The maximum atomic E-state index is 12.5. The molecule has 27 heavy (non-hydrogen) atoms. The molecule has 1 saturated heterocycles. The van der Waals surface area contributed by atoms with E-state index in [1.54, 1.807) is 6.07 Å². The molecule has 1 saturated carbocycles. The molecule has 0 unspecified atom stereocenters. The van der Waals surface area contributed by atoms with E-state index in [2.05, 4.69) is 31.6 Å². The highest BCUT2D eigenvalue weighted by molar-refractivity contribution is 5.93. The summed E-state index contributed by atoms with van der Waals surface area (Å²) < 4.78 is 5.45. The van der Waals surface area contributed by atoms with Crippen LogP contribution in [-0.2, 0) is 4.74 Å². The Bertz CT molecular complexity index is 785. The Morgan fingerprint density at radius 2 is 1.89 bits per heavy atom. The van der Waals surface area contributed by atoms with Gasteiger partial charge in [-0.1, -0.05) is 25.0 Å². The van der Waals surface area contributed by atoms with Gasteiger partial charge in [0.1, 0.15) is 17.8 Å². The third kappa shape index (κ3) is 4.36. The number of amides is 1. The van der Waals surface area contributed by atoms with Crippen molar-refractivity contribution in [3.05, 3.63) is 42.4 Å². The number of ether oxygens (including phenoxy) is 1. The van der Waals surface area contributed by atoms with Crippen LogP contribution in [0.4, 0.5) is 17.2 Å². The van der Waals surface area contributed by atoms with Crippen LogP contribution in [0.5, 0.6) is 0 Å². The van der Waals surface area contributed by atoms with Crippen molar-refractivity contribution in [1.82, 2.24) is 15.3 Å². The van der Waals surface area contributed by atoms with Crippen LogP contribution in [0.3, 0.4) is 0 Å². The summed E-state index contributed by atoms with van der Waals surface area (Å²) in [5.74, 6) is 0.482. The Kier molecular flexibility index (Phi) is 5.48. The van der Waals surface area contributed by atoms with Crippen molar-refractivity contribution in [2.24, 2.45) is 0 Å². The molecule has 7 heteroatoms. The van der Waals surface area contributed by atoms with Gasteiger partial charge in [-0.2, -0.15) is 0 Å². The van der Waals surface area contributed by atoms with Gasteiger partial charge < -0.3 is 20.3 Å². The monoisotopic (exact) mass is 367 g/mol. The number of hydrogen-bond acceptors (Lipinski definition) is 6. The highest BCUT2D eigenvalue weighted by Crippen LogP contribution is 2.28. The molecule has 1 aliphatic carbocycles. The lowest BCUT2D eigenvalue weighted by Crippen LogP contribution is -2.36. The maximum absolute atomic E-state index is 12.5. The summed E-state index contributed by atoms with van der Waals surface area (Å²) in [4.78, 5) is 23.2. The van der Waals surface area contributed by atoms with E-state index in [0.29, 0.717) is 11.5 Å². The minimum atomic E-state index is -0.131. The fourth-order valence-corrected chi connectivity index (χ4v) is 3.68. The lowest BCUT2D eigenvalue weighted by atomic mass is 10.2. The van der Waals surface area contributed by atoms with E-state index in [4.69, 9.17) is 4.74 Å². The second-order valence-corrected chi connectivity index (χ2v) is 6.98. The summed E-state index contributed by atoms with van der Waals surface area (Å²) in [6.45, 7) is 3.18. The second-order valence-electron chi connectivity index (χ2n) is 6.98. The van der Waals surface area contributed by atoms with Crippen molar-refractivity contribution in [3.8, 4) is 0 Å². The number of hydrogen-bond donors (Lipinski definition) is 2. The summed E-state index contributed by atoms with van der Waals surface area (Å²) in [6.07, 6.45) is 5.90. The minimum absolute atomic E-state index is 0.131. The van der Waals surface area contributed by atoms with Gasteiger partial charge in [0.05, 0.1) is 24.6 Å². The van der Waals surface area contributed by atoms with Gasteiger partial charge in [-0.25, -0.2) is 9.97 Å². The number of anilines is 3. The average Bonchev–Trinajstić information content (AvgIpc) is 3.22. The number of carbonyl (C=O) groups is 1. The quantitative estimate of drug-likeness (QED) is 0.846. The Hall–Kier alpha value is -2.67. The van der Waals surface area contributed by atoms with Crippen LogP contribution in [0.2, 0.25) is 0 Å². The molecule has 1 aromatic heterocycles. The first-order valence-electron chi connectivity index (χ1n) is 9.61. The number of para-hydroxylation sites is 2. The normalized spacial score (nSPS) is 17.7. The van der Waals surface area contributed by atoms with Crippen molar-refractivity contribution in [2.45, 2.75) is 31.7 Å². The molecule has 0 bridgehead atoms. The summed E-state index contributed by atoms with van der Waals surface area (Å²) in [6, 6.07) is 10.1. The number of carbonyl (C=O) groups excluding carboxylic acids is 1. The molecule has 142 valence electrons. The molecule has 0 spiro atoms. The summed E-state index contributed by atoms with van der Waals surface area (Å²) in [7, 11) is 0. The number of morpholine rings is 1. The fourth-order valence-electron chi connectivity index (χ4n) is 3.68. The Balaban J connectivity index is 1.49. The minimum Gasteiger partial charge on any atom is -0.378 e. The van der Waals surface area contributed by atoms with Gasteiger partial charge in [-0.15, -0.1) is 0 Å². The Morgan fingerprint density at radius 1 is 1.11 bits per heavy atom. The topological polar surface area (TPSA) is 79.4 Å². The third-order valence-electron chi connectivity index (χ3n) is 5.11. The molecule has 7 nitrogen and oxygen atoms in total. The number of benzene rings is 1. The second kappa shape index (κ2) is 8.35. The van der Waals surface area contributed by atoms with Crippen molar-refractivity contribution >= 4 is 23.1 Å². The van der Waals surface area contributed by atoms with E-state index in [0.717, 1.165) is 50.5 Å². The number of nitrogens with one attached hydrogen (secondary N) is 2. The summed E-state index contributed by atoms with van der Waals surface area (Å²) >= 11 is 0. The van der Waals surface area contributed by atoms with Crippen molar-refractivity contribution in [1.29, 1.82) is 0 Å². The maximum Gasteiger partial charge on any atom is 0.270 e. The van der Waals surface area contributed by atoms with E-state index >= 15 is 0 Å². The lowest BCUT2D eigenvalue weighted by molar-refractivity contribution is 0.0932. The van der Waals surface area contributed by atoms with E-state index in [1.165, 1.54) is 19.2 Å². The van der Waals surface area contributed by atoms with E-state index in [1.807, 2.05) is 18.2 Å². The number of aromatic nitrogens is 2. The molecule has 2 N–H and O–H groups in total. The molecule has 0 radical (unpaired) electrons. The zero-order valence-corrected chi connectivity index (χ0v) is 15.4. The van der Waals surface area contributed by atoms with Gasteiger partial charge in [0.25, 0.3) is 5.91 Å². The molecule has 2 aliphatic rings. The van der Waals surface area contributed by atoms with Gasteiger partial charge in [0.2, 0.25) is 0 Å². The van der Waals surface area contributed by atoms with Crippen LogP contribution < -0.4 is 15.5 Å². The molecule has 4 rings (SSSR count). The molecular formula is C20H25N5O2. The first-order valence-corrected chi connectivity index (χ1v) is 9.61. The molecule has 0 atom stereocenters. The SMILES string of the molecule is O=C(NC1CCCC1)c1cc(Nc2ccccc2N2CCOCC2)ncn1. The average molecular weight is 367 g/mol. The molecule has 1 aromatic carbocycles. The van der Waals surface area contributed by atoms with Crippen molar-refractivity contribution < 1.29 is 9.53 Å². The molecule has 2 heterocycles. The van der Waals surface area contributed by atoms with E-state index in [-0.39, 0.29) is 11.9 Å². The molecular weight excluding hydrogens is 342 g/mol. The largest absolute Gasteiger partial charge is 0.378 e. The smallest absolute Gasteiger partial charge is 0.270 e. The lowest BCUT2D eigenvalue weighted by Gasteiger charge is -2.30. The number of nitrogens with zero attached hydrogens (tertiary/aromatic N) is 3. The van der Waals surface area contributed by atoms with Gasteiger partial charge in [0, 0.05) is 25.2 Å². The fraction of sp³-hybridized carbons (Fsp3) is 0.450. The Labute approximate surface area is 159 Å².